The summed E-state index contributed by atoms with van der Waals surface area (Å²) in [4.78, 5) is 0. The summed E-state index contributed by atoms with van der Waals surface area (Å²) in [7, 11) is -3.81. The Morgan fingerprint density at radius 1 is 0.737 bits per heavy atom. The molecule has 0 aromatic carbocycles. The summed E-state index contributed by atoms with van der Waals surface area (Å²) in [6.07, 6.45) is 2.16. The molecule has 0 saturated carbocycles. The normalized spacial score (nSPS) is 13.7. The van der Waals surface area contributed by atoms with E-state index in [1.807, 2.05) is 14.1 Å². The first-order valence-electron chi connectivity index (χ1n) is 6.14. The number of nitrogens with zero attached hydrogens (tertiary/aromatic N) is 1. The summed E-state index contributed by atoms with van der Waals surface area (Å²) >= 11 is 0. The van der Waals surface area contributed by atoms with Gasteiger partial charge in [-0.3, -0.25) is 9.11 Å². The molecule has 0 radical (unpaired) electrons. The van der Waals surface area contributed by atoms with Gasteiger partial charge in [-0.2, -0.15) is 16.8 Å². The van der Waals surface area contributed by atoms with Crippen molar-refractivity contribution >= 4 is 20.2 Å². The molecule has 0 aliphatic heterocycles. The Morgan fingerprint density at radius 3 is 1.32 bits per heavy atom. The van der Waals surface area contributed by atoms with Crippen molar-refractivity contribution in [2.24, 2.45) is 0 Å². The third-order valence-electron chi connectivity index (χ3n) is 2.83. The second kappa shape index (κ2) is 7.53. The van der Waals surface area contributed by atoms with Gasteiger partial charge in [0.05, 0.1) is 38.7 Å². The van der Waals surface area contributed by atoms with Crippen molar-refractivity contribution in [3.63, 3.8) is 0 Å². The van der Waals surface area contributed by atoms with Gasteiger partial charge in [-0.25, -0.2) is 0 Å². The second-order valence-corrected chi connectivity index (χ2v) is 8.51. The van der Waals surface area contributed by atoms with Gasteiger partial charge in [0.2, 0.25) is 0 Å². The van der Waals surface area contributed by atoms with Gasteiger partial charge in [-0.15, -0.1) is 0 Å². The average Bonchev–Trinajstić information content (AvgIpc) is 2.17. The van der Waals surface area contributed by atoms with Crippen LogP contribution in [0.4, 0.5) is 0 Å². The van der Waals surface area contributed by atoms with E-state index in [0.717, 1.165) is 13.1 Å². The largest absolute Gasteiger partial charge is 0.328 e. The first kappa shape index (κ1) is 18.8. The summed E-state index contributed by atoms with van der Waals surface area (Å²) in [5.41, 5.74) is 0. The van der Waals surface area contributed by atoms with Crippen LogP contribution in [-0.4, -0.2) is 69.1 Å². The van der Waals surface area contributed by atoms with E-state index in [0.29, 0.717) is 30.2 Å². The first-order chi connectivity index (χ1) is 8.41. The van der Waals surface area contributed by atoms with Crippen LogP contribution >= 0.6 is 0 Å². The standard InChI is InChI=1S/C10H23NO6S2/c1-11(2,7-3-5-9-18(12,13)14)8-4-6-10-19(15,16)17/h3-10H2,1-2H3,(H-,12,13,14,15,16,17)/p+1. The minimum atomic E-state index is -3.88. The van der Waals surface area contributed by atoms with Gasteiger partial charge >= 0.3 is 0 Å². The van der Waals surface area contributed by atoms with Crippen molar-refractivity contribution in [1.29, 1.82) is 0 Å². The third kappa shape index (κ3) is 14.0. The van der Waals surface area contributed by atoms with Crippen LogP contribution in [0, 0.1) is 0 Å². The molecule has 7 nitrogen and oxygen atoms in total. The van der Waals surface area contributed by atoms with Crippen LogP contribution in [0.5, 0.6) is 0 Å². The molecule has 0 spiro atoms. The highest BCUT2D eigenvalue weighted by atomic mass is 32.2. The zero-order valence-corrected chi connectivity index (χ0v) is 13.1. The molecule has 116 valence electrons. The minimum Gasteiger partial charge on any atom is -0.328 e. The molecule has 0 fully saturated rings. The predicted octanol–water partition coefficient (Wildman–Crippen LogP) is 0.399. The Hall–Kier alpha value is -0.220. The van der Waals surface area contributed by atoms with E-state index in [1.165, 1.54) is 0 Å². The molecular weight excluding hydrogens is 294 g/mol. The Bertz CT molecular complexity index is 412. The van der Waals surface area contributed by atoms with Crippen molar-refractivity contribution in [2.75, 3.05) is 38.7 Å². The molecule has 0 heterocycles. The van der Waals surface area contributed by atoms with Crippen molar-refractivity contribution in [1.82, 2.24) is 0 Å². The lowest BCUT2D eigenvalue weighted by molar-refractivity contribution is -0.890. The zero-order valence-electron chi connectivity index (χ0n) is 11.4. The van der Waals surface area contributed by atoms with Gasteiger partial charge in [-0.05, 0) is 25.7 Å². The monoisotopic (exact) mass is 318 g/mol. The highest BCUT2D eigenvalue weighted by molar-refractivity contribution is 7.86. The van der Waals surface area contributed by atoms with E-state index in [9.17, 15) is 16.8 Å². The van der Waals surface area contributed by atoms with E-state index in [-0.39, 0.29) is 11.5 Å². The maximum absolute atomic E-state index is 10.5. The third-order valence-corrected chi connectivity index (χ3v) is 4.44. The van der Waals surface area contributed by atoms with Crippen molar-refractivity contribution < 1.29 is 30.4 Å². The predicted molar refractivity (Wildman–Crippen MR) is 73.1 cm³/mol. The fraction of sp³-hybridized carbons (Fsp3) is 1.00. The van der Waals surface area contributed by atoms with Crippen LogP contribution in [0.3, 0.4) is 0 Å². The molecule has 2 N–H and O–H groups in total. The van der Waals surface area contributed by atoms with Crippen LogP contribution in [0.25, 0.3) is 0 Å². The first-order valence-corrected chi connectivity index (χ1v) is 9.35. The molecule has 0 amide bonds. The van der Waals surface area contributed by atoms with E-state index in [2.05, 4.69) is 0 Å². The lowest BCUT2D eigenvalue weighted by atomic mass is 10.2. The molecular formula is C10H24NO6S2+. The van der Waals surface area contributed by atoms with Gasteiger partial charge in [0.15, 0.2) is 0 Å². The molecule has 0 atom stereocenters. The van der Waals surface area contributed by atoms with Gasteiger partial charge in [-0.1, -0.05) is 0 Å². The Morgan fingerprint density at radius 2 is 1.05 bits per heavy atom. The van der Waals surface area contributed by atoms with E-state index >= 15 is 0 Å². The fourth-order valence-electron chi connectivity index (χ4n) is 1.76. The summed E-state index contributed by atoms with van der Waals surface area (Å²) < 4.78 is 59.9. The molecule has 0 saturated heterocycles. The van der Waals surface area contributed by atoms with Gasteiger partial charge < -0.3 is 4.48 Å². The summed E-state index contributed by atoms with van der Waals surface area (Å²) in [6.45, 7) is 1.50. The minimum absolute atomic E-state index is 0.226. The summed E-state index contributed by atoms with van der Waals surface area (Å²) in [5.74, 6) is -0.453. The van der Waals surface area contributed by atoms with Crippen molar-refractivity contribution in [3.8, 4) is 0 Å². The van der Waals surface area contributed by atoms with Crippen LogP contribution < -0.4 is 0 Å². The van der Waals surface area contributed by atoms with Gasteiger partial charge in [0, 0.05) is 0 Å². The topological polar surface area (TPSA) is 109 Å². The van der Waals surface area contributed by atoms with Crippen LogP contribution in [0.1, 0.15) is 25.7 Å². The van der Waals surface area contributed by atoms with Crippen molar-refractivity contribution in [3.05, 3.63) is 0 Å². The Kier molecular flexibility index (Phi) is 7.45. The lowest BCUT2D eigenvalue weighted by Gasteiger charge is -2.29. The van der Waals surface area contributed by atoms with E-state index in [4.69, 9.17) is 9.11 Å². The average molecular weight is 318 g/mol. The lowest BCUT2D eigenvalue weighted by Crippen LogP contribution is -2.41. The van der Waals surface area contributed by atoms with Crippen LogP contribution in [0.15, 0.2) is 0 Å². The van der Waals surface area contributed by atoms with E-state index < -0.39 is 20.2 Å². The van der Waals surface area contributed by atoms with Crippen molar-refractivity contribution in [2.45, 2.75) is 25.7 Å². The quantitative estimate of drug-likeness (QED) is 0.343. The number of hydrogen-bond donors (Lipinski definition) is 2. The Balaban J connectivity index is 3.80. The Labute approximate surface area is 115 Å². The second-order valence-electron chi connectivity index (χ2n) is 5.37. The zero-order chi connectivity index (χ0) is 15.2. The molecule has 0 rings (SSSR count). The number of hydrogen-bond acceptors (Lipinski definition) is 4. The highest BCUT2D eigenvalue weighted by Gasteiger charge is 2.15. The fourth-order valence-corrected chi connectivity index (χ4v) is 2.90. The van der Waals surface area contributed by atoms with E-state index in [1.54, 1.807) is 0 Å². The molecule has 9 heteroatoms. The summed E-state index contributed by atoms with van der Waals surface area (Å²) in [5, 5.41) is 0. The van der Waals surface area contributed by atoms with Crippen LogP contribution in [-0.2, 0) is 20.2 Å². The summed E-state index contributed by atoms with van der Waals surface area (Å²) in [6, 6.07) is 0. The smallest absolute Gasteiger partial charge is 0.264 e. The maximum atomic E-state index is 10.5. The van der Waals surface area contributed by atoms with Gasteiger partial charge in [0.25, 0.3) is 20.2 Å². The SMILES string of the molecule is C[N+](C)(CCCCS(=O)(=O)O)CCCCS(=O)(=O)O. The molecule has 19 heavy (non-hydrogen) atoms. The highest BCUT2D eigenvalue weighted by Crippen LogP contribution is 2.06. The molecule has 0 bridgehead atoms. The number of rotatable bonds is 10. The molecule has 0 unspecified atom stereocenters. The number of quaternary nitrogens is 1. The maximum Gasteiger partial charge on any atom is 0.264 e. The van der Waals surface area contributed by atoms with Crippen LogP contribution in [0.2, 0.25) is 0 Å². The molecule has 0 aliphatic rings. The molecule has 0 aliphatic carbocycles. The number of unbranched alkanes of at least 4 members (excludes halogenated alkanes) is 2. The molecule has 0 aromatic heterocycles. The van der Waals surface area contributed by atoms with Gasteiger partial charge in [0.1, 0.15) is 0 Å². The molecule has 0 aromatic rings.